The quantitative estimate of drug-likeness (QED) is 0.771. The summed E-state index contributed by atoms with van der Waals surface area (Å²) in [6.45, 7) is 2.12. The highest BCUT2D eigenvalue weighted by Gasteiger charge is 2.13. The molecule has 0 spiro atoms. The summed E-state index contributed by atoms with van der Waals surface area (Å²) in [6, 6.07) is 10.1. The van der Waals surface area contributed by atoms with Crippen molar-refractivity contribution in [2.45, 2.75) is 13.5 Å². The molecule has 0 aliphatic carbocycles. The second-order valence-corrected chi connectivity index (χ2v) is 5.37. The number of carbonyl (C=O) groups excluding carboxylic acids is 1. The highest BCUT2D eigenvalue weighted by atomic mass is 16.5. The standard InChI is InChI=1S/C18H17N3O3/c1-11-8-15(14-9-13(22)5-6-16(14)21-11)17(23)20-10-12-4-3-7-19-18(12)24-2/h3-9,22H,10H2,1-2H3,(H,20,23). The number of rotatable bonds is 4. The molecule has 0 aliphatic rings. The molecule has 2 heterocycles. The molecule has 0 aliphatic heterocycles. The van der Waals surface area contributed by atoms with Crippen LogP contribution in [0.25, 0.3) is 10.9 Å². The summed E-state index contributed by atoms with van der Waals surface area (Å²) >= 11 is 0. The fourth-order valence-electron chi connectivity index (χ4n) is 2.55. The summed E-state index contributed by atoms with van der Waals surface area (Å²) in [4.78, 5) is 21.1. The van der Waals surface area contributed by atoms with Gasteiger partial charge in [-0.15, -0.1) is 0 Å². The lowest BCUT2D eigenvalue weighted by Gasteiger charge is -2.11. The van der Waals surface area contributed by atoms with Gasteiger partial charge in [-0.05, 0) is 37.3 Å². The molecule has 3 aromatic rings. The topological polar surface area (TPSA) is 84.3 Å². The van der Waals surface area contributed by atoms with Crippen LogP contribution in [0.15, 0.2) is 42.6 Å². The van der Waals surface area contributed by atoms with E-state index in [0.29, 0.717) is 22.3 Å². The van der Waals surface area contributed by atoms with Gasteiger partial charge in [0.2, 0.25) is 5.88 Å². The number of nitrogens with zero attached hydrogens (tertiary/aromatic N) is 2. The molecular weight excluding hydrogens is 306 g/mol. The highest BCUT2D eigenvalue weighted by molar-refractivity contribution is 6.06. The summed E-state index contributed by atoms with van der Waals surface area (Å²) < 4.78 is 5.18. The molecule has 6 nitrogen and oxygen atoms in total. The molecule has 24 heavy (non-hydrogen) atoms. The van der Waals surface area contributed by atoms with Crippen molar-refractivity contribution in [2.75, 3.05) is 7.11 Å². The Morgan fingerprint density at radius 2 is 2.12 bits per heavy atom. The van der Waals surface area contributed by atoms with E-state index in [9.17, 15) is 9.90 Å². The van der Waals surface area contributed by atoms with Crippen molar-refractivity contribution in [1.29, 1.82) is 0 Å². The number of benzene rings is 1. The third kappa shape index (κ3) is 3.12. The molecule has 122 valence electrons. The molecule has 1 aromatic carbocycles. The van der Waals surface area contributed by atoms with E-state index in [-0.39, 0.29) is 18.2 Å². The average molecular weight is 323 g/mol. The molecule has 0 bridgehead atoms. The molecule has 1 amide bonds. The zero-order valence-electron chi connectivity index (χ0n) is 13.4. The molecule has 6 heteroatoms. The Hall–Kier alpha value is -3.15. The van der Waals surface area contributed by atoms with Crippen LogP contribution in [0.1, 0.15) is 21.6 Å². The van der Waals surface area contributed by atoms with Crippen LogP contribution >= 0.6 is 0 Å². The van der Waals surface area contributed by atoms with Crippen molar-refractivity contribution < 1.29 is 14.6 Å². The van der Waals surface area contributed by atoms with Gasteiger partial charge in [0.1, 0.15) is 5.75 Å². The fraction of sp³-hybridized carbons (Fsp3) is 0.167. The first-order valence-electron chi connectivity index (χ1n) is 7.45. The van der Waals surface area contributed by atoms with E-state index in [2.05, 4.69) is 15.3 Å². The van der Waals surface area contributed by atoms with Gasteiger partial charge in [-0.25, -0.2) is 4.98 Å². The first-order chi connectivity index (χ1) is 11.6. The van der Waals surface area contributed by atoms with Crippen molar-refractivity contribution in [3.05, 3.63) is 59.4 Å². The minimum absolute atomic E-state index is 0.0936. The van der Waals surface area contributed by atoms with Crippen LogP contribution in [0.2, 0.25) is 0 Å². The highest BCUT2D eigenvalue weighted by Crippen LogP contribution is 2.23. The number of carbonyl (C=O) groups is 1. The third-order valence-electron chi connectivity index (χ3n) is 3.65. The summed E-state index contributed by atoms with van der Waals surface area (Å²) in [5.74, 6) is 0.323. The molecule has 0 saturated carbocycles. The van der Waals surface area contributed by atoms with Crippen molar-refractivity contribution >= 4 is 16.8 Å². The van der Waals surface area contributed by atoms with E-state index in [1.54, 1.807) is 36.5 Å². The van der Waals surface area contributed by atoms with Crippen LogP contribution in [0, 0.1) is 6.92 Å². The number of ether oxygens (including phenoxy) is 1. The lowest BCUT2D eigenvalue weighted by Crippen LogP contribution is -2.23. The van der Waals surface area contributed by atoms with Crippen molar-refractivity contribution in [1.82, 2.24) is 15.3 Å². The number of hydrogen-bond donors (Lipinski definition) is 2. The van der Waals surface area contributed by atoms with Crippen LogP contribution < -0.4 is 10.1 Å². The van der Waals surface area contributed by atoms with E-state index < -0.39 is 0 Å². The summed E-state index contributed by atoms with van der Waals surface area (Å²) in [6.07, 6.45) is 1.63. The lowest BCUT2D eigenvalue weighted by atomic mass is 10.1. The van der Waals surface area contributed by atoms with E-state index in [1.807, 2.05) is 13.0 Å². The summed E-state index contributed by atoms with van der Waals surface area (Å²) in [7, 11) is 1.54. The second-order valence-electron chi connectivity index (χ2n) is 5.37. The van der Waals surface area contributed by atoms with Gasteiger partial charge in [-0.3, -0.25) is 9.78 Å². The normalized spacial score (nSPS) is 10.6. The van der Waals surface area contributed by atoms with Crippen LogP contribution in [-0.2, 0) is 6.54 Å². The molecule has 0 fully saturated rings. The van der Waals surface area contributed by atoms with Gasteiger partial charge in [-0.1, -0.05) is 6.07 Å². The number of pyridine rings is 2. The minimum atomic E-state index is -0.248. The number of fused-ring (bicyclic) bond motifs is 1. The molecule has 0 saturated heterocycles. The van der Waals surface area contributed by atoms with E-state index >= 15 is 0 Å². The average Bonchev–Trinajstić information content (AvgIpc) is 2.59. The van der Waals surface area contributed by atoms with Gasteiger partial charge in [0, 0.05) is 29.4 Å². The lowest BCUT2D eigenvalue weighted by molar-refractivity contribution is 0.0952. The fourth-order valence-corrected chi connectivity index (χ4v) is 2.55. The number of aryl methyl sites for hydroxylation is 1. The Morgan fingerprint density at radius 3 is 2.92 bits per heavy atom. The molecule has 0 radical (unpaired) electrons. The second kappa shape index (κ2) is 6.54. The molecular formula is C18H17N3O3. The van der Waals surface area contributed by atoms with Crippen LogP contribution in [0.3, 0.4) is 0 Å². The largest absolute Gasteiger partial charge is 0.508 e. The summed E-state index contributed by atoms with van der Waals surface area (Å²) in [5, 5.41) is 13.2. The van der Waals surface area contributed by atoms with Crippen molar-refractivity contribution in [2.24, 2.45) is 0 Å². The number of aromatic hydroxyl groups is 1. The van der Waals surface area contributed by atoms with Gasteiger partial charge in [0.05, 0.1) is 18.2 Å². The smallest absolute Gasteiger partial charge is 0.252 e. The Kier molecular flexibility index (Phi) is 4.29. The first-order valence-corrected chi connectivity index (χ1v) is 7.45. The maximum Gasteiger partial charge on any atom is 0.252 e. The molecule has 0 atom stereocenters. The Morgan fingerprint density at radius 1 is 1.29 bits per heavy atom. The third-order valence-corrected chi connectivity index (χ3v) is 3.65. The number of nitrogens with one attached hydrogen (secondary N) is 1. The van der Waals surface area contributed by atoms with Crippen LogP contribution in [0.4, 0.5) is 0 Å². The maximum absolute atomic E-state index is 12.6. The molecule has 2 aromatic heterocycles. The number of methoxy groups -OCH3 is 1. The summed E-state index contributed by atoms with van der Waals surface area (Å²) in [5.41, 5.74) is 2.65. The number of amides is 1. The van der Waals surface area contributed by atoms with Gasteiger partial charge in [0.15, 0.2) is 0 Å². The minimum Gasteiger partial charge on any atom is -0.508 e. The molecule has 0 unspecified atom stereocenters. The monoisotopic (exact) mass is 323 g/mol. The number of phenolic OH excluding ortho intramolecular Hbond substituents is 1. The predicted octanol–water partition coefficient (Wildman–Crippen LogP) is 2.58. The Bertz CT molecular complexity index is 909. The molecule has 2 N–H and O–H groups in total. The van der Waals surface area contributed by atoms with Crippen LogP contribution in [0.5, 0.6) is 11.6 Å². The first kappa shape index (κ1) is 15.7. The SMILES string of the molecule is COc1ncccc1CNC(=O)c1cc(C)nc2ccc(O)cc12. The Labute approximate surface area is 139 Å². The van der Waals surface area contributed by atoms with Gasteiger partial charge < -0.3 is 15.2 Å². The Balaban J connectivity index is 1.90. The number of aromatic nitrogens is 2. The maximum atomic E-state index is 12.6. The van der Waals surface area contributed by atoms with E-state index in [4.69, 9.17) is 4.74 Å². The van der Waals surface area contributed by atoms with Crippen LogP contribution in [-0.4, -0.2) is 28.1 Å². The van der Waals surface area contributed by atoms with Crippen molar-refractivity contribution in [3.8, 4) is 11.6 Å². The van der Waals surface area contributed by atoms with E-state index in [1.165, 1.54) is 7.11 Å². The van der Waals surface area contributed by atoms with Gasteiger partial charge >= 0.3 is 0 Å². The van der Waals surface area contributed by atoms with Gasteiger partial charge in [0.25, 0.3) is 5.91 Å². The van der Waals surface area contributed by atoms with Crippen molar-refractivity contribution in [3.63, 3.8) is 0 Å². The van der Waals surface area contributed by atoms with E-state index in [0.717, 1.165) is 11.3 Å². The number of hydrogen-bond acceptors (Lipinski definition) is 5. The zero-order valence-corrected chi connectivity index (χ0v) is 13.4. The predicted molar refractivity (Wildman–Crippen MR) is 90.1 cm³/mol. The number of phenols is 1. The van der Waals surface area contributed by atoms with Gasteiger partial charge in [-0.2, -0.15) is 0 Å². The zero-order chi connectivity index (χ0) is 17.1. The molecule has 3 rings (SSSR count).